The molecule has 8 heteroatoms. The molecule has 0 aliphatic heterocycles. The quantitative estimate of drug-likeness (QED) is 0.274. The zero-order valence-corrected chi connectivity index (χ0v) is 16.0. The van der Waals surface area contributed by atoms with Gasteiger partial charge in [-0.1, -0.05) is 42.5 Å². The van der Waals surface area contributed by atoms with Gasteiger partial charge in [0.2, 0.25) is 5.91 Å². The summed E-state index contributed by atoms with van der Waals surface area (Å²) in [5.41, 5.74) is 3.84. The number of rotatable bonds is 10. The van der Waals surface area contributed by atoms with Gasteiger partial charge in [-0.25, -0.2) is 0 Å². The molecule has 152 valence electrons. The first-order valence-corrected chi connectivity index (χ1v) is 9.15. The van der Waals surface area contributed by atoms with E-state index in [9.17, 15) is 9.59 Å². The van der Waals surface area contributed by atoms with Crippen molar-refractivity contribution in [1.82, 2.24) is 5.32 Å². The molecular weight excluding hydrogens is 370 g/mol. The molecule has 0 spiro atoms. The van der Waals surface area contributed by atoms with Gasteiger partial charge in [0.05, 0.1) is 12.4 Å². The third kappa shape index (κ3) is 7.45. The van der Waals surface area contributed by atoms with Crippen molar-refractivity contribution in [1.29, 1.82) is 0 Å². The highest BCUT2D eigenvalue weighted by molar-refractivity contribution is 5.82. The van der Waals surface area contributed by atoms with Crippen molar-refractivity contribution in [3.8, 4) is 0 Å². The maximum atomic E-state index is 12.2. The summed E-state index contributed by atoms with van der Waals surface area (Å²) in [6, 6.07) is 15.5. The van der Waals surface area contributed by atoms with Crippen molar-refractivity contribution >= 4 is 24.3 Å². The highest BCUT2D eigenvalue weighted by atomic mass is 16.4. The Labute approximate surface area is 169 Å². The molecule has 1 atom stereocenters. The normalized spacial score (nSPS) is 12.3. The molecule has 1 unspecified atom stereocenters. The maximum absolute atomic E-state index is 12.2. The fourth-order valence-electron chi connectivity index (χ4n) is 3.03. The number of nitrogens with zero attached hydrogens (tertiary/aromatic N) is 2. The number of amides is 1. The van der Waals surface area contributed by atoms with Crippen LogP contribution in [0.4, 0.5) is 0 Å². The van der Waals surface area contributed by atoms with E-state index in [1.54, 1.807) is 12.4 Å². The van der Waals surface area contributed by atoms with Gasteiger partial charge in [0.15, 0.2) is 0 Å². The lowest BCUT2D eigenvalue weighted by atomic mass is 9.88. The Kier molecular flexibility index (Phi) is 8.37. The van der Waals surface area contributed by atoms with E-state index in [2.05, 4.69) is 15.5 Å². The Bertz CT molecular complexity index is 878. The van der Waals surface area contributed by atoms with E-state index in [1.807, 2.05) is 48.5 Å². The lowest BCUT2D eigenvalue weighted by Crippen LogP contribution is -2.30. The van der Waals surface area contributed by atoms with Gasteiger partial charge in [0.25, 0.3) is 0 Å². The minimum atomic E-state index is -1.07. The number of hydrogen-bond acceptors (Lipinski definition) is 6. The van der Waals surface area contributed by atoms with E-state index in [-0.39, 0.29) is 18.2 Å². The van der Waals surface area contributed by atoms with Crippen LogP contribution in [-0.2, 0) is 16.0 Å². The van der Waals surface area contributed by atoms with Crippen molar-refractivity contribution in [3.63, 3.8) is 0 Å². The molecular formula is C21H25N5O3. The second-order valence-corrected chi connectivity index (χ2v) is 6.58. The molecule has 2 aromatic carbocycles. The minimum absolute atomic E-state index is 0.0831. The largest absolute Gasteiger partial charge is 0.480 e. The van der Waals surface area contributed by atoms with Gasteiger partial charge in [-0.15, -0.1) is 0 Å². The van der Waals surface area contributed by atoms with Crippen molar-refractivity contribution in [2.45, 2.75) is 25.2 Å². The highest BCUT2D eigenvalue weighted by Gasteiger charge is 2.17. The SMILES string of the molecule is NN=Cc1ccc(CCC(CC(=O)NCC(=O)O)c2cccc(C=NN)c2)cc1. The van der Waals surface area contributed by atoms with Gasteiger partial charge >= 0.3 is 5.97 Å². The van der Waals surface area contributed by atoms with E-state index in [0.717, 1.165) is 28.7 Å². The topological polar surface area (TPSA) is 143 Å². The molecule has 0 aliphatic rings. The fraction of sp³-hybridized carbons (Fsp3) is 0.238. The van der Waals surface area contributed by atoms with Gasteiger partial charge in [-0.2, -0.15) is 10.2 Å². The number of nitrogens with two attached hydrogens (primary N) is 2. The summed E-state index contributed by atoms with van der Waals surface area (Å²) in [5.74, 6) is 8.94. The first-order chi connectivity index (χ1) is 14.0. The molecule has 0 aliphatic carbocycles. The molecule has 0 saturated carbocycles. The second kappa shape index (κ2) is 11.2. The van der Waals surface area contributed by atoms with Crippen LogP contribution in [0.2, 0.25) is 0 Å². The second-order valence-electron chi connectivity index (χ2n) is 6.58. The average molecular weight is 395 g/mol. The highest BCUT2D eigenvalue weighted by Crippen LogP contribution is 2.26. The summed E-state index contributed by atoms with van der Waals surface area (Å²) >= 11 is 0. The van der Waals surface area contributed by atoms with Crippen LogP contribution in [0.1, 0.15) is 41.0 Å². The van der Waals surface area contributed by atoms with Gasteiger partial charge < -0.3 is 22.1 Å². The lowest BCUT2D eigenvalue weighted by Gasteiger charge is -2.18. The van der Waals surface area contributed by atoms with Crippen molar-refractivity contribution < 1.29 is 14.7 Å². The molecule has 2 aromatic rings. The Morgan fingerprint density at radius 1 is 1.03 bits per heavy atom. The van der Waals surface area contributed by atoms with E-state index in [1.165, 1.54) is 0 Å². The molecule has 0 fully saturated rings. The van der Waals surface area contributed by atoms with Crippen LogP contribution >= 0.6 is 0 Å². The average Bonchev–Trinajstić information content (AvgIpc) is 2.71. The van der Waals surface area contributed by atoms with E-state index < -0.39 is 12.5 Å². The van der Waals surface area contributed by atoms with Crippen LogP contribution in [0, 0.1) is 0 Å². The smallest absolute Gasteiger partial charge is 0.322 e. The monoisotopic (exact) mass is 395 g/mol. The molecule has 2 rings (SSSR count). The van der Waals surface area contributed by atoms with Crippen LogP contribution in [0.5, 0.6) is 0 Å². The summed E-state index contributed by atoms with van der Waals surface area (Å²) in [7, 11) is 0. The summed E-state index contributed by atoms with van der Waals surface area (Å²) in [5, 5.41) is 18.2. The van der Waals surface area contributed by atoms with Crippen molar-refractivity contribution in [2.75, 3.05) is 6.54 Å². The van der Waals surface area contributed by atoms with Gasteiger partial charge in [0, 0.05) is 6.42 Å². The number of nitrogens with one attached hydrogen (secondary N) is 1. The number of aryl methyl sites for hydroxylation is 1. The molecule has 0 saturated heterocycles. The number of carboxylic acid groups (broad SMARTS) is 1. The predicted octanol–water partition coefficient (Wildman–Crippen LogP) is 1.58. The number of benzene rings is 2. The number of hydrazone groups is 2. The number of hydrogen-bond donors (Lipinski definition) is 4. The third-order valence-electron chi connectivity index (χ3n) is 4.46. The lowest BCUT2D eigenvalue weighted by molar-refractivity contribution is -0.138. The molecule has 0 heterocycles. The molecule has 1 amide bonds. The fourth-order valence-corrected chi connectivity index (χ4v) is 3.03. The summed E-state index contributed by atoms with van der Waals surface area (Å²) in [6.45, 7) is -0.393. The van der Waals surface area contributed by atoms with E-state index in [0.29, 0.717) is 6.42 Å². The maximum Gasteiger partial charge on any atom is 0.322 e. The standard InChI is InChI=1S/C21H25N5O3/c22-25-12-16-6-4-15(5-7-16)8-9-19(11-20(27)24-14-21(28)29)18-3-1-2-17(10-18)13-26-23/h1-7,10,12-13,19H,8-9,11,14,22-23H2,(H,24,27)(H,28,29). The van der Waals surface area contributed by atoms with Crippen LogP contribution < -0.4 is 17.0 Å². The van der Waals surface area contributed by atoms with Crippen LogP contribution in [0.15, 0.2) is 58.7 Å². The Balaban J connectivity index is 2.13. The third-order valence-corrected chi connectivity index (χ3v) is 4.46. The van der Waals surface area contributed by atoms with Crippen molar-refractivity contribution in [3.05, 3.63) is 70.8 Å². The molecule has 29 heavy (non-hydrogen) atoms. The van der Waals surface area contributed by atoms with Gasteiger partial charge in [-0.05, 0) is 47.1 Å². The first kappa shape index (κ1) is 21.6. The first-order valence-electron chi connectivity index (χ1n) is 9.15. The van der Waals surface area contributed by atoms with Crippen LogP contribution in [0.3, 0.4) is 0 Å². The molecule has 0 aromatic heterocycles. The number of carboxylic acids is 1. The molecule has 6 N–H and O–H groups in total. The molecule has 0 bridgehead atoms. The zero-order valence-electron chi connectivity index (χ0n) is 16.0. The summed E-state index contributed by atoms with van der Waals surface area (Å²) in [6.07, 6.45) is 4.78. The number of carbonyl (C=O) groups is 2. The van der Waals surface area contributed by atoms with Crippen LogP contribution in [-0.4, -0.2) is 36.0 Å². The molecule has 8 nitrogen and oxygen atoms in total. The van der Waals surface area contributed by atoms with Gasteiger partial charge in [-0.3, -0.25) is 9.59 Å². The van der Waals surface area contributed by atoms with Gasteiger partial charge in [0.1, 0.15) is 6.54 Å². The molecule has 0 radical (unpaired) electrons. The summed E-state index contributed by atoms with van der Waals surface area (Å²) < 4.78 is 0. The van der Waals surface area contributed by atoms with E-state index >= 15 is 0 Å². The van der Waals surface area contributed by atoms with Crippen molar-refractivity contribution in [2.24, 2.45) is 21.9 Å². The number of aliphatic carboxylic acids is 1. The summed E-state index contributed by atoms with van der Waals surface area (Å²) in [4.78, 5) is 22.9. The van der Waals surface area contributed by atoms with E-state index in [4.69, 9.17) is 16.8 Å². The Hall–Kier alpha value is -3.68. The minimum Gasteiger partial charge on any atom is -0.480 e. The Morgan fingerprint density at radius 2 is 1.72 bits per heavy atom. The predicted molar refractivity (Wildman–Crippen MR) is 113 cm³/mol. The van der Waals surface area contributed by atoms with Crippen LogP contribution in [0.25, 0.3) is 0 Å². The number of carbonyl (C=O) groups excluding carboxylic acids is 1. The Morgan fingerprint density at radius 3 is 2.38 bits per heavy atom. The zero-order chi connectivity index (χ0) is 21.1.